The molecule has 0 saturated heterocycles. The molecule has 0 spiro atoms. The Labute approximate surface area is 164 Å². The number of halogens is 2. The summed E-state index contributed by atoms with van der Waals surface area (Å²) in [5, 5.41) is 12.6. The highest BCUT2D eigenvalue weighted by Crippen LogP contribution is 2.42. The van der Waals surface area contributed by atoms with E-state index >= 15 is 0 Å². The molecule has 1 aliphatic rings. The van der Waals surface area contributed by atoms with E-state index in [4.69, 9.17) is 5.11 Å². The highest BCUT2D eigenvalue weighted by Gasteiger charge is 2.43. The molecule has 2 aromatic rings. The normalized spacial score (nSPS) is 19.2. The van der Waals surface area contributed by atoms with Gasteiger partial charge in [-0.2, -0.15) is 0 Å². The summed E-state index contributed by atoms with van der Waals surface area (Å²) in [6.45, 7) is 0.134. The van der Waals surface area contributed by atoms with Gasteiger partial charge in [0.2, 0.25) is 0 Å². The summed E-state index contributed by atoms with van der Waals surface area (Å²) in [5.41, 5.74) is 1.78. The second kappa shape index (κ2) is 7.85. The van der Waals surface area contributed by atoms with Crippen LogP contribution in [0.4, 0.5) is 5.69 Å². The quantitative estimate of drug-likeness (QED) is 0.560. The minimum atomic E-state index is -0.781. The van der Waals surface area contributed by atoms with Crippen molar-refractivity contribution in [1.29, 1.82) is 0 Å². The molecular weight excluding hydrogens is 446 g/mol. The third-order valence-electron chi connectivity index (χ3n) is 4.39. The number of hydrogen-bond acceptors (Lipinski definition) is 3. The fourth-order valence-electron chi connectivity index (χ4n) is 3.09. The first-order valence-electron chi connectivity index (χ1n) is 8.23. The molecule has 130 valence electrons. The monoisotopic (exact) mass is 463 g/mol. The Hall–Kier alpha value is -1.43. The first kappa shape index (κ1) is 18.4. The smallest absolute Gasteiger partial charge is 0.194 e. The molecule has 0 saturated carbocycles. The van der Waals surface area contributed by atoms with Crippen molar-refractivity contribution in [2.75, 3.05) is 11.9 Å². The predicted octanol–water partition coefficient (Wildman–Crippen LogP) is 5.43. The molecule has 0 fully saturated rings. The van der Waals surface area contributed by atoms with E-state index < -0.39 is 5.54 Å². The van der Waals surface area contributed by atoms with Gasteiger partial charge < -0.3 is 10.4 Å². The van der Waals surface area contributed by atoms with Gasteiger partial charge in [-0.3, -0.25) is 4.79 Å². The van der Waals surface area contributed by atoms with E-state index in [1.807, 2.05) is 54.6 Å². The van der Waals surface area contributed by atoms with Crippen LogP contribution in [0.1, 0.15) is 35.2 Å². The lowest BCUT2D eigenvalue weighted by atomic mass is 9.87. The van der Waals surface area contributed by atoms with Crippen molar-refractivity contribution < 1.29 is 9.90 Å². The van der Waals surface area contributed by atoms with Crippen molar-refractivity contribution in [2.45, 2.75) is 24.8 Å². The van der Waals surface area contributed by atoms with Crippen LogP contribution < -0.4 is 5.32 Å². The Morgan fingerprint density at radius 2 is 1.88 bits per heavy atom. The Kier molecular flexibility index (Phi) is 5.77. The molecule has 0 aromatic heterocycles. The van der Waals surface area contributed by atoms with Crippen LogP contribution in [0.25, 0.3) is 6.08 Å². The van der Waals surface area contributed by atoms with Crippen molar-refractivity contribution in [1.82, 2.24) is 0 Å². The van der Waals surface area contributed by atoms with E-state index in [1.165, 1.54) is 0 Å². The minimum Gasteiger partial charge on any atom is -0.396 e. The third-order valence-corrected chi connectivity index (χ3v) is 5.48. The maximum absolute atomic E-state index is 13.2. The number of hydrogen-bond donors (Lipinski definition) is 2. The van der Waals surface area contributed by atoms with Crippen LogP contribution in [0.15, 0.2) is 57.5 Å². The molecule has 0 bridgehead atoms. The first-order valence-corrected chi connectivity index (χ1v) is 9.81. The molecule has 0 radical (unpaired) electrons. The van der Waals surface area contributed by atoms with E-state index in [-0.39, 0.29) is 12.4 Å². The van der Waals surface area contributed by atoms with Crippen molar-refractivity contribution in [3.8, 4) is 0 Å². The third kappa shape index (κ3) is 3.89. The fourth-order valence-corrected chi connectivity index (χ4v) is 4.42. The van der Waals surface area contributed by atoms with Gasteiger partial charge >= 0.3 is 0 Å². The topological polar surface area (TPSA) is 49.3 Å². The van der Waals surface area contributed by atoms with Gasteiger partial charge in [-0.25, -0.2) is 0 Å². The Morgan fingerprint density at radius 3 is 2.60 bits per heavy atom. The lowest BCUT2D eigenvalue weighted by molar-refractivity contribution is 0.0938. The molecule has 3 rings (SSSR count). The molecule has 1 aliphatic heterocycles. The van der Waals surface area contributed by atoms with Crippen molar-refractivity contribution in [3.63, 3.8) is 0 Å². The lowest BCUT2D eigenvalue weighted by Crippen LogP contribution is -2.39. The number of carbonyl (C=O) groups excluding carboxylic acids is 1. The largest absolute Gasteiger partial charge is 0.396 e. The van der Waals surface area contributed by atoms with E-state index in [0.717, 1.165) is 26.6 Å². The highest BCUT2D eigenvalue weighted by atomic mass is 79.9. The number of anilines is 1. The Balaban J connectivity index is 1.97. The predicted molar refractivity (Wildman–Crippen MR) is 109 cm³/mol. The average Bonchev–Trinajstić information content (AvgIpc) is 2.88. The molecule has 0 aliphatic carbocycles. The molecule has 1 atom stereocenters. The summed E-state index contributed by atoms with van der Waals surface area (Å²) in [7, 11) is 0. The average molecular weight is 465 g/mol. The van der Waals surface area contributed by atoms with Crippen LogP contribution in [0.2, 0.25) is 0 Å². The summed E-state index contributed by atoms with van der Waals surface area (Å²) in [4.78, 5) is 13.2. The standard InChI is InChI=1S/C20H19Br2NO2/c21-15-12-16-18(17(22)13-15)23-20(19(16)25,9-4-5-11-24)10-8-14-6-2-1-3-7-14/h1-3,6-8,10,12-13,23-24H,4-5,9,11H2/b10-8+. The van der Waals surface area contributed by atoms with Gasteiger partial charge in [0.1, 0.15) is 5.54 Å². The van der Waals surface area contributed by atoms with E-state index in [0.29, 0.717) is 18.4 Å². The number of benzene rings is 2. The Bertz CT molecular complexity index is 805. The molecule has 1 heterocycles. The van der Waals surface area contributed by atoms with Crippen molar-refractivity contribution in [3.05, 3.63) is 68.6 Å². The summed E-state index contributed by atoms with van der Waals surface area (Å²) in [5.74, 6) is 0.0645. The molecule has 2 N–H and O–H groups in total. The number of carbonyl (C=O) groups is 1. The van der Waals surface area contributed by atoms with Gasteiger partial charge in [-0.15, -0.1) is 0 Å². The summed E-state index contributed by atoms with van der Waals surface area (Å²) < 4.78 is 1.73. The first-order chi connectivity index (χ1) is 12.1. The fraction of sp³-hybridized carbons (Fsp3) is 0.250. The molecular formula is C20H19Br2NO2. The summed E-state index contributed by atoms with van der Waals surface area (Å²) in [6.07, 6.45) is 6.02. The van der Waals surface area contributed by atoms with Crippen LogP contribution >= 0.6 is 31.9 Å². The zero-order valence-corrected chi connectivity index (χ0v) is 16.8. The van der Waals surface area contributed by atoms with Crippen molar-refractivity contribution in [2.24, 2.45) is 0 Å². The van der Waals surface area contributed by atoms with E-state index in [9.17, 15) is 4.79 Å². The van der Waals surface area contributed by atoms with E-state index in [1.54, 1.807) is 0 Å². The number of rotatable bonds is 6. The summed E-state index contributed by atoms with van der Waals surface area (Å²) in [6, 6.07) is 13.7. The number of aliphatic hydroxyl groups excluding tert-OH is 1. The minimum absolute atomic E-state index is 0.0645. The van der Waals surface area contributed by atoms with Gasteiger partial charge in [-0.05, 0) is 52.9 Å². The highest BCUT2D eigenvalue weighted by molar-refractivity contribution is 9.11. The van der Waals surface area contributed by atoms with Crippen molar-refractivity contribution >= 4 is 49.4 Å². The maximum Gasteiger partial charge on any atom is 0.194 e. The van der Waals surface area contributed by atoms with Crippen LogP contribution in [-0.2, 0) is 0 Å². The SMILES string of the molecule is O=C1c2cc(Br)cc(Br)c2NC1(/C=C/c1ccccc1)CCCCO. The number of Topliss-reactive ketones (excluding diaryl/α,β-unsaturated/α-hetero) is 1. The Morgan fingerprint density at radius 1 is 1.12 bits per heavy atom. The van der Waals surface area contributed by atoms with Crippen LogP contribution in [0, 0.1) is 0 Å². The number of aliphatic hydroxyl groups is 1. The van der Waals surface area contributed by atoms with Gasteiger partial charge in [0.25, 0.3) is 0 Å². The molecule has 5 heteroatoms. The summed E-state index contributed by atoms with van der Waals surface area (Å²) >= 11 is 7.01. The molecule has 0 amide bonds. The number of fused-ring (bicyclic) bond motifs is 1. The van der Waals surface area contributed by atoms with Crippen LogP contribution in [0.3, 0.4) is 0 Å². The maximum atomic E-state index is 13.2. The number of unbranched alkanes of at least 4 members (excludes halogenated alkanes) is 1. The van der Waals surface area contributed by atoms with Gasteiger partial charge in [0.15, 0.2) is 5.78 Å². The van der Waals surface area contributed by atoms with Crippen LogP contribution in [0.5, 0.6) is 0 Å². The molecule has 25 heavy (non-hydrogen) atoms. The second-order valence-electron chi connectivity index (χ2n) is 6.16. The van der Waals surface area contributed by atoms with Gasteiger partial charge in [-0.1, -0.05) is 58.4 Å². The molecule has 2 aromatic carbocycles. The second-order valence-corrected chi connectivity index (χ2v) is 7.93. The van der Waals surface area contributed by atoms with E-state index in [2.05, 4.69) is 37.2 Å². The van der Waals surface area contributed by atoms with Gasteiger partial charge in [0, 0.05) is 21.1 Å². The number of ketones is 1. The molecule has 3 nitrogen and oxygen atoms in total. The lowest BCUT2D eigenvalue weighted by Gasteiger charge is -2.25. The molecule has 1 unspecified atom stereocenters. The van der Waals surface area contributed by atoms with Gasteiger partial charge in [0.05, 0.1) is 5.69 Å². The van der Waals surface area contributed by atoms with Crippen LogP contribution in [-0.4, -0.2) is 23.0 Å². The number of nitrogens with one attached hydrogen (secondary N) is 1. The zero-order chi connectivity index (χ0) is 17.9. The zero-order valence-electron chi connectivity index (χ0n) is 13.6.